The normalized spacial score (nSPS) is 23.7. The molecule has 0 saturated carbocycles. The molecule has 0 N–H and O–H groups in total. The van der Waals surface area contributed by atoms with Crippen LogP contribution in [0.25, 0.3) is 6.08 Å². The van der Waals surface area contributed by atoms with Crippen molar-refractivity contribution in [2.24, 2.45) is 0 Å². The van der Waals surface area contributed by atoms with Crippen LogP contribution in [0.1, 0.15) is 18.4 Å². The number of hydrogen-bond acceptors (Lipinski definition) is 3. The summed E-state index contributed by atoms with van der Waals surface area (Å²) in [6.45, 7) is 0.566. The Morgan fingerprint density at radius 3 is 2.82 bits per heavy atom. The summed E-state index contributed by atoms with van der Waals surface area (Å²) < 4.78 is 10.4. The van der Waals surface area contributed by atoms with Crippen LogP contribution in [-0.2, 0) is 14.3 Å². The smallest absolute Gasteiger partial charge is 0.222 e. The van der Waals surface area contributed by atoms with Crippen molar-refractivity contribution in [1.29, 1.82) is 0 Å². The Bertz CT molecular complexity index is 409. The Hall–Kier alpha value is -1.45. The Labute approximate surface area is 101 Å². The van der Waals surface area contributed by atoms with E-state index >= 15 is 0 Å². The zero-order valence-electron chi connectivity index (χ0n) is 9.89. The van der Waals surface area contributed by atoms with Crippen molar-refractivity contribution in [2.45, 2.75) is 19.1 Å². The number of hydrogen-bond donors (Lipinski definition) is 0. The van der Waals surface area contributed by atoms with E-state index in [1.165, 1.54) is 7.11 Å². The van der Waals surface area contributed by atoms with Gasteiger partial charge in [0.2, 0.25) is 12.1 Å². The molecule has 0 bridgehead atoms. The molecule has 1 saturated heterocycles. The molecule has 2 rings (SSSR count). The van der Waals surface area contributed by atoms with E-state index in [1.54, 1.807) is 0 Å². The van der Waals surface area contributed by atoms with Gasteiger partial charge in [-0.2, -0.15) is 0 Å². The molecule has 90 valence electrons. The van der Waals surface area contributed by atoms with Crippen LogP contribution in [0.4, 0.5) is 0 Å². The summed E-state index contributed by atoms with van der Waals surface area (Å²) in [5, 5.41) is 0. The van der Waals surface area contributed by atoms with Gasteiger partial charge in [-0.25, -0.2) is 0 Å². The van der Waals surface area contributed by atoms with Gasteiger partial charge >= 0.3 is 0 Å². The minimum absolute atomic E-state index is 0.0612. The second-order valence-corrected chi connectivity index (χ2v) is 3.99. The maximum Gasteiger partial charge on any atom is 0.222 e. The van der Waals surface area contributed by atoms with Gasteiger partial charge in [0.05, 0.1) is 6.61 Å². The summed E-state index contributed by atoms with van der Waals surface area (Å²) in [5.74, 6) is -0.0612. The monoisotopic (exact) mass is 232 g/mol. The minimum Gasteiger partial charge on any atom is -0.349 e. The summed E-state index contributed by atoms with van der Waals surface area (Å²) in [4.78, 5) is 12.1. The van der Waals surface area contributed by atoms with Crippen LogP contribution in [-0.4, -0.2) is 25.8 Å². The fourth-order valence-corrected chi connectivity index (χ4v) is 1.87. The first-order valence-electron chi connectivity index (χ1n) is 5.75. The highest BCUT2D eigenvalue weighted by Gasteiger charge is 2.25. The zero-order valence-corrected chi connectivity index (χ0v) is 9.89. The second-order valence-electron chi connectivity index (χ2n) is 3.99. The van der Waals surface area contributed by atoms with Crippen molar-refractivity contribution in [3.63, 3.8) is 0 Å². The lowest BCUT2D eigenvalue weighted by Gasteiger charge is -2.11. The lowest BCUT2D eigenvalue weighted by atomic mass is 10.0. The van der Waals surface area contributed by atoms with E-state index < -0.39 is 6.29 Å². The van der Waals surface area contributed by atoms with Crippen molar-refractivity contribution in [3.8, 4) is 0 Å². The van der Waals surface area contributed by atoms with Gasteiger partial charge in [0.25, 0.3) is 0 Å². The van der Waals surface area contributed by atoms with E-state index in [0.29, 0.717) is 6.61 Å². The number of rotatable bonds is 2. The molecular weight excluding hydrogens is 216 g/mol. The number of ketones is 1. The van der Waals surface area contributed by atoms with Crippen LogP contribution in [0, 0.1) is 0 Å². The first-order chi connectivity index (χ1) is 8.31. The Kier molecular flexibility index (Phi) is 4.07. The molecule has 3 heteroatoms. The Morgan fingerprint density at radius 2 is 2.12 bits per heavy atom. The lowest BCUT2D eigenvalue weighted by Crippen LogP contribution is -2.25. The van der Waals surface area contributed by atoms with Gasteiger partial charge in [-0.1, -0.05) is 30.3 Å². The second kappa shape index (κ2) is 5.75. The fourth-order valence-electron chi connectivity index (χ4n) is 1.87. The molecule has 0 unspecified atom stereocenters. The minimum atomic E-state index is -0.743. The lowest BCUT2D eigenvalue weighted by molar-refractivity contribution is -0.156. The molecule has 0 amide bonds. The Morgan fingerprint density at radius 1 is 1.35 bits per heavy atom. The summed E-state index contributed by atoms with van der Waals surface area (Å²) in [7, 11) is 1.49. The van der Waals surface area contributed by atoms with E-state index in [-0.39, 0.29) is 5.78 Å². The van der Waals surface area contributed by atoms with Crippen molar-refractivity contribution >= 4 is 11.9 Å². The molecule has 1 fully saturated rings. The van der Waals surface area contributed by atoms with E-state index in [2.05, 4.69) is 0 Å². The van der Waals surface area contributed by atoms with Gasteiger partial charge in [0, 0.05) is 12.7 Å². The highest BCUT2D eigenvalue weighted by atomic mass is 16.7. The summed E-state index contributed by atoms with van der Waals surface area (Å²) in [6, 6.07) is 9.83. The number of ether oxygens (including phenoxy) is 2. The fraction of sp³-hybridized carbons (Fsp3) is 0.357. The van der Waals surface area contributed by atoms with Crippen molar-refractivity contribution in [3.05, 3.63) is 41.5 Å². The molecule has 1 heterocycles. The van der Waals surface area contributed by atoms with Crippen LogP contribution >= 0.6 is 0 Å². The van der Waals surface area contributed by atoms with Crippen LogP contribution in [0.15, 0.2) is 35.9 Å². The van der Waals surface area contributed by atoms with Crippen molar-refractivity contribution < 1.29 is 14.3 Å². The van der Waals surface area contributed by atoms with E-state index in [4.69, 9.17) is 9.47 Å². The van der Waals surface area contributed by atoms with Crippen LogP contribution < -0.4 is 0 Å². The topological polar surface area (TPSA) is 35.5 Å². The molecule has 0 radical (unpaired) electrons. The highest BCUT2D eigenvalue weighted by Crippen LogP contribution is 2.19. The molecule has 1 atom stereocenters. The van der Waals surface area contributed by atoms with Crippen LogP contribution in [0.2, 0.25) is 0 Å². The Balaban J connectivity index is 2.24. The summed E-state index contributed by atoms with van der Waals surface area (Å²) in [6.07, 6.45) is 2.77. The quantitative estimate of drug-likeness (QED) is 0.735. The standard InChI is InChI=1S/C14H16O3/c1-16-14-13(15)12(8-5-9-17-14)10-11-6-3-2-4-7-11/h2-4,6-7,10,14H,5,8-9H2,1H3/b12-10+/t14-/m0/s1. The SMILES string of the molecule is CO[C@H]1OCCC/C(=C\c2ccccc2)C1=O. The van der Waals surface area contributed by atoms with E-state index in [0.717, 1.165) is 24.0 Å². The zero-order chi connectivity index (χ0) is 12.1. The van der Waals surface area contributed by atoms with Crippen LogP contribution in [0.3, 0.4) is 0 Å². The van der Waals surface area contributed by atoms with E-state index in [1.807, 2.05) is 36.4 Å². The number of carbonyl (C=O) groups excluding carboxylic acids is 1. The molecule has 1 aromatic carbocycles. The first-order valence-corrected chi connectivity index (χ1v) is 5.75. The van der Waals surface area contributed by atoms with Crippen LogP contribution in [0.5, 0.6) is 0 Å². The maximum atomic E-state index is 12.1. The predicted octanol–water partition coefficient (Wildman–Crippen LogP) is 2.42. The van der Waals surface area contributed by atoms with Crippen molar-refractivity contribution in [1.82, 2.24) is 0 Å². The molecule has 1 aliphatic heterocycles. The van der Waals surface area contributed by atoms with Gasteiger partial charge < -0.3 is 9.47 Å². The number of Topliss-reactive ketones (excluding diaryl/α,β-unsaturated/α-hetero) is 1. The number of carbonyl (C=O) groups is 1. The van der Waals surface area contributed by atoms with Gasteiger partial charge in [0.15, 0.2) is 0 Å². The number of benzene rings is 1. The maximum absolute atomic E-state index is 12.1. The molecule has 0 aromatic heterocycles. The number of methoxy groups -OCH3 is 1. The van der Waals surface area contributed by atoms with Gasteiger partial charge in [-0.3, -0.25) is 4.79 Å². The van der Waals surface area contributed by atoms with Gasteiger partial charge in [-0.05, 0) is 24.5 Å². The largest absolute Gasteiger partial charge is 0.349 e. The highest BCUT2D eigenvalue weighted by molar-refractivity contribution is 6.01. The molecule has 0 aliphatic carbocycles. The molecule has 0 spiro atoms. The van der Waals surface area contributed by atoms with Gasteiger partial charge in [-0.15, -0.1) is 0 Å². The average molecular weight is 232 g/mol. The molecular formula is C14H16O3. The molecule has 1 aliphatic rings. The summed E-state index contributed by atoms with van der Waals surface area (Å²) in [5.41, 5.74) is 1.81. The first kappa shape index (κ1) is 12.0. The van der Waals surface area contributed by atoms with E-state index in [9.17, 15) is 4.79 Å². The molecule has 17 heavy (non-hydrogen) atoms. The predicted molar refractivity (Wildman–Crippen MR) is 65.4 cm³/mol. The summed E-state index contributed by atoms with van der Waals surface area (Å²) >= 11 is 0. The molecule has 1 aromatic rings. The third-order valence-corrected chi connectivity index (χ3v) is 2.74. The third kappa shape index (κ3) is 3.02. The van der Waals surface area contributed by atoms with Gasteiger partial charge in [0.1, 0.15) is 0 Å². The molecule has 3 nitrogen and oxygen atoms in total. The van der Waals surface area contributed by atoms with Crippen molar-refractivity contribution in [2.75, 3.05) is 13.7 Å². The third-order valence-electron chi connectivity index (χ3n) is 2.74. The average Bonchev–Trinajstić information content (AvgIpc) is 2.54.